The average molecular weight is 301 g/mol. The number of nitrogens with two attached hydrogens (primary N) is 1. The van der Waals surface area contributed by atoms with Crippen LogP contribution >= 0.6 is 27.7 Å². The summed E-state index contributed by atoms with van der Waals surface area (Å²) in [6.45, 7) is 0. The molecule has 2 rings (SSSR count). The summed E-state index contributed by atoms with van der Waals surface area (Å²) in [5.41, 5.74) is 2.50. The summed E-state index contributed by atoms with van der Waals surface area (Å²) in [6.07, 6.45) is 5.40. The first-order valence-corrected chi connectivity index (χ1v) is 6.35. The third-order valence-electron chi connectivity index (χ3n) is 1.81. The summed E-state index contributed by atoms with van der Waals surface area (Å²) < 4.78 is 2.53. The smallest absolute Gasteiger partial charge is 0.191 e. The molecule has 0 aliphatic carbocycles. The molecule has 0 radical (unpaired) electrons. The van der Waals surface area contributed by atoms with Gasteiger partial charge in [-0.05, 0) is 22.2 Å². The highest BCUT2D eigenvalue weighted by molar-refractivity contribution is 9.10. The predicted octanol–water partition coefficient (Wildman–Crippen LogP) is 1.43. The predicted molar refractivity (Wildman–Crippen MR) is 66.4 cm³/mol. The van der Waals surface area contributed by atoms with Crippen LogP contribution < -0.4 is 11.3 Å². The molecule has 0 aromatic carbocycles. The fraction of sp³-hybridized carbons (Fsp3) is 0.125. The van der Waals surface area contributed by atoms with Gasteiger partial charge in [-0.3, -0.25) is 0 Å². The van der Waals surface area contributed by atoms with E-state index in [0.29, 0.717) is 16.8 Å². The number of nitrogens with one attached hydrogen (secondary N) is 1. The third kappa shape index (κ3) is 2.34. The van der Waals surface area contributed by atoms with E-state index < -0.39 is 0 Å². The van der Waals surface area contributed by atoms with Crippen LogP contribution in [0.25, 0.3) is 5.82 Å². The number of aromatic nitrogens is 4. The number of halogens is 1. The molecule has 0 amide bonds. The summed E-state index contributed by atoms with van der Waals surface area (Å²) >= 11 is 4.77. The van der Waals surface area contributed by atoms with E-state index in [-0.39, 0.29) is 0 Å². The van der Waals surface area contributed by atoms with Gasteiger partial charge in [0, 0.05) is 12.3 Å². The van der Waals surface area contributed by atoms with Gasteiger partial charge in [-0.15, -0.1) is 0 Å². The Morgan fingerprint density at radius 3 is 2.88 bits per heavy atom. The highest BCUT2D eigenvalue weighted by atomic mass is 79.9. The quantitative estimate of drug-likeness (QED) is 0.386. The van der Waals surface area contributed by atoms with Crippen molar-refractivity contribution in [1.82, 2.24) is 19.7 Å². The first-order chi connectivity index (χ1) is 7.72. The Bertz CT molecular complexity index is 477. The van der Waals surface area contributed by atoms with Crippen molar-refractivity contribution >= 4 is 33.5 Å². The zero-order valence-electron chi connectivity index (χ0n) is 8.38. The third-order valence-corrected chi connectivity index (χ3v) is 2.77. The van der Waals surface area contributed by atoms with E-state index in [1.165, 1.54) is 11.8 Å². The van der Waals surface area contributed by atoms with Crippen LogP contribution in [0.5, 0.6) is 0 Å². The molecule has 0 saturated carbocycles. The maximum atomic E-state index is 5.34. The zero-order valence-corrected chi connectivity index (χ0v) is 10.8. The lowest BCUT2D eigenvalue weighted by Crippen LogP contribution is -2.11. The molecule has 2 aromatic rings. The zero-order chi connectivity index (χ0) is 11.5. The van der Waals surface area contributed by atoms with Gasteiger partial charge in [0.05, 0.1) is 10.7 Å². The molecule has 8 heteroatoms. The molecular weight excluding hydrogens is 292 g/mol. The van der Waals surface area contributed by atoms with Crippen LogP contribution in [0, 0.1) is 0 Å². The molecule has 3 N–H and O–H groups in total. The number of nitrogen functional groups attached to an aromatic ring is 1. The van der Waals surface area contributed by atoms with Gasteiger partial charge in [-0.1, -0.05) is 11.8 Å². The molecule has 0 aliphatic rings. The Kier molecular flexibility index (Phi) is 3.42. The van der Waals surface area contributed by atoms with Crippen LogP contribution in [0.15, 0.2) is 28.1 Å². The lowest BCUT2D eigenvalue weighted by molar-refractivity contribution is 0.808. The van der Waals surface area contributed by atoms with E-state index in [2.05, 4.69) is 36.4 Å². The van der Waals surface area contributed by atoms with Crippen molar-refractivity contribution in [3.8, 4) is 5.82 Å². The van der Waals surface area contributed by atoms with E-state index in [9.17, 15) is 0 Å². The van der Waals surface area contributed by atoms with Gasteiger partial charge in [0.15, 0.2) is 11.0 Å². The van der Waals surface area contributed by atoms with Crippen molar-refractivity contribution in [3.05, 3.63) is 22.9 Å². The maximum Gasteiger partial charge on any atom is 0.191 e. The van der Waals surface area contributed by atoms with Crippen LogP contribution in [-0.2, 0) is 0 Å². The highest BCUT2D eigenvalue weighted by Gasteiger charge is 2.06. The first kappa shape index (κ1) is 11.4. The van der Waals surface area contributed by atoms with Gasteiger partial charge in [0.1, 0.15) is 5.82 Å². The summed E-state index contributed by atoms with van der Waals surface area (Å²) in [5.74, 6) is 6.56. The van der Waals surface area contributed by atoms with Gasteiger partial charge >= 0.3 is 0 Å². The topological polar surface area (TPSA) is 81.6 Å². The standard InChI is InChI=1S/C8H9BrN6S/c1-16-8-12-6(14-10)2-7(13-8)15-4-5(9)3-11-15/h2-4H,10H2,1H3,(H,12,13,14). The monoisotopic (exact) mass is 300 g/mol. The van der Waals surface area contributed by atoms with Crippen molar-refractivity contribution in [1.29, 1.82) is 0 Å². The van der Waals surface area contributed by atoms with Crippen molar-refractivity contribution in [2.75, 3.05) is 11.7 Å². The van der Waals surface area contributed by atoms with Crippen LogP contribution in [0.4, 0.5) is 5.82 Å². The fourth-order valence-corrected chi connectivity index (χ4v) is 1.78. The largest absolute Gasteiger partial charge is 0.308 e. The Hall–Kier alpha value is -1.12. The normalized spacial score (nSPS) is 10.4. The summed E-state index contributed by atoms with van der Waals surface area (Å²) in [7, 11) is 0. The lowest BCUT2D eigenvalue weighted by Gasteiger charge is -2.05. The molecular formula is C8H9BrN6S. The Balaban J connectivity index is 2.47. The lowest BCUT2D eigenvalue weighted by atomic mass is 10.5. The van der Waals surface area contributed by atoms with Crippen molar-refractivity contribution in [2.24, 2.45) is 5.84 Å². The van der Waals surface area contributed by atoms with Crippen LogP contribution in [-0.4, -0.2) is 26.0 Å². The minimum Gasteiger partial charge on any atom is -0.308 e. The molecule has 0 bridgehead atoms. The molecule has 16 heavy (non-hydrogen) atoms. The number of anilines is 1. The van der Waals surface area contributed by atoms with Gasteiger partial charge in [-0.25, -0.2) is 20.5 Å². The van der Waals surface area contributed by atoms with E-state index in [0.717, 1.165) is 4.47 Å². The average Bonchev–Trinajstić information content (AvgIpc) is 2.75. The number of nitrogens with zero attached hydrogens (tertiary/aromatic N) is 4. The van der Waals surface area contributed by atoms with E-state index in [4.69, 9.17) is 5.84 Å². The molecule has 0 saturated heterocycles. The fourth-order valence-electron chi connectivity index (χ4n) is 1.12. The van der Waals surface area contributed by atoms with Crippen LogP contribution in [0.2, 0.25) is 0 Å². The number of rotatable bonds is 3. The number of hydrogen-bond donors (Lipinski definition) is 2. The summed E-state index contributed by atoms with van der Waals surface area (Å²) in [6, 6.07) is 1.72. The molecule has 2 heterocycles. The maximum absolute atomic E-state index is 5.34. The Morgan fingerprint density at radius 2 is 2.31 bits per heavy atom. The molecule has 0 fully saturated rings. The molecule has 0 unspecified atom stereocenters. The highest BCUT2D eigenvalue weighted by Crippen LogP contribution is 2.17. The molecule has 84 valence electrons. The molecule has 0 spiro atoms. The van der Waals surface area contributed by atoms with Gasteiger partial charge < -0.3 is 5.43 Å². The molecule has 0 atom stereocenters. The minimum atomic E-state index is 0.556. The molecule has 6 nitrogen and oxygen atoms in total. The van der Waals surface area contributed by atoms with Gasteiger partial charge in [0.2, 0.25) is 0 Å². The number of thioether (sulfide) groups is 1. The SMILES string of the molecule is CSc1nc(NN)cc(-n2cc(Br)cn2)n1. The van der Waals surface area contributed by atoms with Crippen molar-refractivity contribution in [2.45, 2.75) is 5.16 Å². The summed E-state index contributed by atoms with van der Waals surface area (Å²) in [5, 5.41) is 4.77. The van der Waals surface area contributed by atoms with Crippen molar-refractivity contribution in [3.63, 3.8) is 0 Å². The summed E-state index contributed by atoms with van der Waals surface area (Å²) in [4.78, 5) is 8.48. The van der Waals surface area contributed by atoms with E-state index in [1.807, 2.05) is 12.5 Å². The second kappa shape index (κ2) is 4.81. The van der Waals surface area contributed by atoms with Crippen molar-refractivity contribution < 1.29 is 0 Å². The Labute approximate surface area is 105 Å². The second-order valence-corrected chi connectivity index (χ2v) is 4.53. The van der Waals surface area contributed by atoms with E-state index in [1.54, 1.807) is 16.9 Å². The van der Waals surface area contributed by atoms with Crippen LogP contribution in [0.1, 0.15) is 0 Å². The Morgan fingerprint density at radius 1 is 1.50 bits per heavy atom. The minimum absolute atomic E-state index is 0.556. The number of hydrogen-bond acceptors (Lipinski definition) is 6. The van der Waals surface area contributed by atoms with Gasteiger partial charge in [-0.2, -0.15) is 5.10 Å². The molecule has 0 aliphatic heterocycles. The van der Waals surface area contributed by atoms with Gasteiger partial charge in [0.25, 0.3) is 0 Å². The first-order valence-electron chi connectivity index (χ1n) is 4.33. The second-order valence-electron chi connectivity index (χ2n) is 2.85. The van der Waals surface area contributed by atoms with E-state index >= 15 is 0 Å². The number of hydrazine groups is 1. The molecule has 2 aromatic heterocycles. The van der Waals surface area contributed by atoms with Crippen LogP contribution in [0.3, 0.4) is 0 Å².